The average Bonchev–Trinajstić information content (AvgIpc) is 3.36. The Balaban J connectivity index is 1.55. The van der Waals surface area contributed by atoms with E-state index in [9.17, 15) is 14.4 Å². The molecule has 2 N–H and O–H groups in total. The molecular weight excluding hydrogens is 396 g/mol. The minimum atomic E-state index is -0.769. The summed E-state index contributed by atoms with van der Waals surface area (Å²) in [7, 11) is 0. The number of hydrogen-bond acceptors (Lipinski definition) is 8. The van der Waals surface area contributed by atoms with E-state index in [-0.39, 0.29) is 18.0 Å². The summed E-state index contributed by atoms with van der Waals surface area (Å²) in [4.78, 5) is 38.4. The first-order chi connectivity index (χ1) is 13.5. The van der Waals surface area contributed by atoms with Crippen LogP contribution in [0.25, 0.3) is 11.0 Å². The number of benzene rings is 1. The summed E-state index contributed by atoms with van der Waals surface area (Å²) in [6.07, 6.45) is 0.746. The van der Waals surface area contributed by atoms with Crippen molar-refractivity contribution in [2.75, 3.05) is 13.1 Å². The molecule has 2 aliphatic rings. The first kappa shape index (κ1) is 19.2. The number of carbonyl (C=O) groups is 3. The molecule has 3 heterocycles. The number of hydrogen-bond donors (Lipinski definition) is 2. The molecule has 6 nitrogen and oxygen atoms in total. The number of thiocarbonyl (C=S) groups is 2. The van der Waals surface area contributed by atoms with Crippen LogP contribution in [-0.4, -0.2) is 52.8 Å². The van der Waals surface area contributed by atoms with Crippen LogP contribution in [0.5, 0.6) is 0 Å². The van der Waals surface area contributed by atoms with Crippen LogP contribution in [0.1, 0.15) is 5.76 Å². The lowest BCUT2D eigenvalue weighted by Crippen LogP contribution is -2.47. The quantitative estimate of drug-likeness (QED) is 0.539. The first-order valence-corrected chi connectivity index (χ1v) is 9.82. The van der Waals surface area contributed by atoms with E-state index in [1.54, 1.807) is 0 Å². The van der Waals surface area contributed by atoms with Crippen molar-refractivity contribution < 1.29 is 18.8 Å². The molecule has 2 aliphatic heterocycles. The molecule has 1 aromatic carbocycles. The summed E-state index contributed by atoms with van der Waals surface area (Å²) >= 11 is 10.6. The second-order valence-electron chi connectivity index (χ2n) is 7.09. The molecule has 0 spiro atoms. The molecular formula is C20H18N2O4S2. The molecule has 2 fully saturated rings. The number of furan rings is 1. The molecule has 2 aromatic rings. The van der Waals surface area contributed by atoms with Gasteiger partial charge in [0.25, 0.3) is 0 Å². The van der Waals surface area contributed by atoms with Gasteiger partial charge in [-0.2, -0.15) is 0 Å². The average molecular weight is 415 g/mol. The SMILES string of the molecule is O=C[C@H]1NCC(=S)C1C(=O)[C@H]1NCC(=S)C1C(=O)Cc1cc2ccccc2o1. The van der Waals surface area contributed by atoms with E-state index in [0.717, 1.165) is 5.39 Å². The minimum absolute atomic E-state index is 0.0510. The molecule has 0 amide bonds. The van der Waals surface area contributed by atoms with Gasteiger partial charge in [0, 0.05) is 28.2 Å². The predicted octanol–water partition coefficient (Wildman–Crippen LogP) is 1.23. The molecule has 28 heavy (non-hydrogen) atoms. The maximum Gasteiger partial charge on any atom is 0.160 e. The number of Topliss-reactive ketones (excluding diaryl/α,β-unsaturated/α-hetero) is 2. The lowest BCUT2D eigenvalue weighted by Gasteiger charge is -2.22. The van der Waals surface area contributed by atoms with E-state index >= 15 is 0 Å². The zero-order valence-electron chi connectivity index (χ0n) is 14.8. The Morgan fingerprint density at radius 2 is 1.82 bits per heavy atom. The van der Waals surface area contributed by atoms with Gasteiger partial charge >= 0.3 is 0 Å². The lowest BCUT2D eigenvalue weighted by molar-refractivity contribution is -0.129. The second kappa shape index (κ2) is 7.71. The molecule has 144 valence electrons. The zero-order valence-corrected chi connectivity index (χ0v) is 16.5. The van der Waals surface area contributed by atoms with E-state index in [4.69, 9.17) is 28.9 Å². The zero-order chi connectivity index (χ0) is 19.8. The van der Waals surface area contributed by atoms with Gasteiger partial charge in [-0.1, -0.05) is 42.6 Å². The number of rotatable bonds is 6. The standard InChI is InChI=1S/C20H18N2O4S2/c23-9-12-17(15(27)7-21-12)20(25)19-18(16(28)8-22-19)13(24)6-11-5-10-3-1-2-4-14(10)26-11/h1-5,9,12,17-19,21-22H,6-8H2/t12-,17?,18?,19+/m1/s1. The highest BCUT2D eigenvalue weighted by Gasteiger charge is 2.47. The van der Waals surface area contributed by atoms with E-state index in [1.165, 1.54) is 0 Å². The fourth-order valence-electron chi connectivity index (χ4n) is 3.96. The highest BCUT2D eigenvalue weighted by atomic mass is 32.1. The normalized spacial score (nSPS) is 27.4. The topological polar surface area (TPSA) is 88.4 Å². The summed E-state index contributed by atoms with van der Waals surface area (Å²) in [5, 5.41) is 6.89. The summed E-state index contributed by atoms with van der Waals surface area (Å²) in [5.41, 5.74) is 0.709. The third kappa shape index (κ3) is 3.37. The molecule has 0 radical (unpaired) electrons. The number of carbonyl (C=O) groups excluding carboxylic acids is 3. The number of nitrogens with one attached hydrogen (secondary N) is 2. The number of para-hydroxylation sites is 1. The molecule has 4 rings (SSSR count). The molecule has 8 heteroatoms. The van der Waals surface area contributed by atoms with Gasteiger partial charge in [-0.3, -0.25) is 9.59 Å². The molecule has 0 bridgehead atoms. The van der Waals surface area contributed by atoms with E-state index in [2.05, 4.69) is 10.6 Å². The van der Waals surface area contributed by atoms with Crippen molar-refractivity contribution in [3.8, 4) is 0 Å². The maximum absolute atomic E-state index is 13.1. The van der Waals surface area contributed by atoms with Crippen LogP contribution in [-0.2, 0) is 20.8 Å². The summed E-state index contributed by atoms with van der Waals surface area (Å²) in [6, 6.07) is 7.92. The highest BCUT2D eigenvalue weighted by molar-refractivity contribution is 7.80. The Kier molecular flexibility index (Phi) is 5.29. The minimum Gasteiger partial charge on any atom is -0.461 e. The predicted molar refractivity (Wildman–Crippen MR) is 112 cm³/mol. The molecule has 0 aliphatic carbocycles. The van der Waals surface area contributed by atoms with Crippen molar-refractivity contribution >= 4 is 63.0 Å². The Labute approximate surface area is 172 Å². The van der Waals surface area contributed by atoms with Crippen molar-refractivity contribution in [3.63, 3.8) is 0 Å². The van der Waals surface area contributed by atoms with Crippen LogP contribution >= 0.6 is 24.4 Å². The summed E-state index contributed by atoms with van der Waals surface area (Å²) in [5.74, 6) is -1.34. The maximum atomic E-state index is 13.1. The van der Waals surface area contributed by atoms with Crippen LogP contribution in [0.2, 0.25) is 0 Å². The Bertz CT molecular complexity index is 966. The number of aldehydes is 1. The largest absolute Gasteiger partial charge is 0.461 e. The van der Waals surface area contributed by atoms with E-state index in [0.29, 0.717) is 40.4 Å². The van der Waals surface area contributed by atoms with E-state index in [1.807, 2.05) is 30.3 Å². The van der Waals surface area contributed by atoms with Gasteiger partial charge in [0.15, 0.2) is 5.78 Å². The lowest BCUT2D eigenvalue weighted by atomic mass is 9.83. The van der Waals surface area contributed by atoms with Crippen molar-refractivity contribution in [3.05, 3.63) is 36.1 Å². The molecule has 1 aromatic heterocycles. The second-order valence-corrected chi connectivity index (χ2v) is 8.13. The Morgan fingerprint density at radius 3 is 2.57 bits per heavy atom. The summed E-state index contributed by atoms with van der Waals surface area (Å²) < 4.78 is 5.73. The van der Waals surface area contributed by atoms with Crippen LogP contribution in [0.3, 0.4) is 0 Å². The monoisotopic (exact) mass is 414 g/mol. The van der Waals surface area contributed by atoms with E-state index < -0.39 is 23.9 Å². The van der Waals surface area contributed by atoms with Gasteiger partial charge < -0.3 is 19.8 Å². The van der Waals surface area contributed by atoms with Gasteiger partial charge in [-0.05, 0) is 12.1 Å². The number of fused-ring (bicyclic) bond motifs is 1. The van der Waals surface area contributed by atoms with Crippen LogP contribution in [0.15, 0.2) is 34.7 Å². The molecule has 0 saturated carbocycles. The van der Waals surface area contributed by atoms with Crippen molar-refractivity contribution in [1.82, 2.24) is 10.6 Å². The molecule has 2 unspecified atom stereocenters. The van der Waals surface area contributed by atoms with Crippen LogP contribution < -0.4 is 10.6 Å². The Hall–Kier alpha value is -2.13. The van der Waals surface area contributed by atoms with Crippen molar-refractivity contribution in [2.45, 2.75) is 18.5 Å². The van der Waals surface area contributed by atoms with Gasteiger partial charge in [-0.25, -0.2) is 0 Å². The van der Waals surface area contributed by atoms with Crippen LogP contribution in [0.4, 0.5) is 0 Å². The van der Waals surface area contributed by atoms with Crippen LogP contribution in [0, 0.1) is 11.8 Å². The molecule has 2 saturated heterocycles. The summed E-state index contributed by atoms with van der Waals surface area (Å²) in [6.45, 7) is 0.644. The Morgan fingerprint density at radius 1 is 1.11 bits per heavy atom. The first-order valence-electron chi connectivity index (χ1n) is 9.01. The molecule has 4 atom stereocenters. The fourth-order valence-corrected chi connectivity index (χ4v) is 4.66. The van der Waals surface area contributed by atoms with Crippen molar-refractivity contribution in [2.24, 2.45) is 11.8 Å². The highest BCUT2D eigenvalue weighted by Crippen LogP contribution is 2.26. The smallest absolute Gasteiger partial charge is 0.160 e. The van der Waals surface area contributed by atoms with Gasteiger partial charge in [0.2, 0.25) is 0 Å². The van der Waals surface area contributed by atoms with Gasteiger partial charge in [0.1, 0.15) is 23.4 Å². The van der Waals surface area contributed by atoms with Gasteiger partial charge in [0.05, 0.1) is 30.3 Å². The fraction of sp³-hybridized carbons (Fsp3) is 0.350. The number of ketones is 2. The van der Waals surface area contributed by atoms with Gasteiger partial charge in [-0.15, -0.1) is 0 Å². The van der Waals surface area contributed by atoms with Crippen molar-refractivity contribution in [1.29, 1.82) is 0 Å². The third-order valence-electron chi connectivity index (χ3n) is 5.33. The third-order valence-corrected chi connectivity index (χ3v) is 6.12.